The van der Waals surface area contributed by atoms with Crippen LogP contribution in [-0.4, -0.2) is 46.3 Å². The summed E-state index contributed by atoms with van der Waals surface area (Å²) >= 11 is 0. The van der Waals surface area contributed by atoms with Crippen LogP contribution in [0.5, 0.6) is 0 Å². The molecule has 0 spiro atoms. The van der Waals surface area contributed by atoms with Crippen LogP contribution in [0, 0.1) is 5.82 Å². The number of hydrogen-bond acceptors (Lipinski definition) is 3. The highest BCUT2D eigenvalue weighted by atomic mass is 19.1. The fourth-order valence-electron chi connectivity index (χ4n) is 2.56. The summed E-state index contributed by atoms with van der Waals surface area (Å²) in [5.41, 5.74) is 2.59. The molecule has 0 saturated heterocycles. The third-order valence-electron chi connectivity index (χ3n) is 3.94. The van der Waals surface area contributed by atoms with Crippen LogP contribution in [0.25, 0.3) is 11.3 Å². The lowest BCUT2D eigenvalue weighted by Crippen LogP contribution is -2.22. The molecule has 1 heterocycles. The van der Waals surface area contributed by atoms with Crippen LogP contribution in [0.3, 0.4) is 0 Å². The molecule has 5 nitrogen and oxygen atoms in total. The highest BCUT2D eigenvalue weighted by Gasteiger charge is 2.05. The van der Waals surface area contributed by atoms with Gasteiger partial charge in [-0.2, -0.15) is 5.10 Å². The molecule has 24 heavy (non-hydrogen) atoms. The zero-order valence-electron chi connectivity index (χ0n) is 14.0. The van der Waals surface area contributed by atoms with Gasteiger partial charge in [0.1, 0.15) is 5.82 Å². The lowest BCUT2D eigenvalue weighted by Gasteiger charge is -2.14. The number of rotatable bonds is 10. The summed E-state index contributed by atoms with van der Waals surface area (Å²) in [5.74, 6) is -1.01. The minimum atomic E-state index is -0.754. The number of hydrogen-bond donors (Lipinski definition) is 2. The molecule has 0 aliphatic heterocycles. The number of carboxylic acid groups (broad SMARTS) is 1. The Hall–Kier alpha value is -2.21. The molecule has 0 radical (unpaired) electrons. The van der Waals surface area contributed by atoms with E-state index in [9.17, 15) is 9.18 Å². The molecule has 6 heteroatoms. The Labute approximate surface area is 141 Å². The molecule has 1 aromatic carbocycles. The number of H-pyrrole nitrogens is 1. The second kappa shape index (κ2) is 9.17. The van der Waals surface area contributed by atoms with Crippen molar-refractivity contribution < 1.29 is 14.3 Å². The van der Waals surface area contributed by atoms with Gasteiger partial charge >= 0.3 is 5.97 Å². The van der Waals surface area contributed by atoms with Crippen molar-refractivity contribution in [2.45, 2.75) is 32.1 Å². The molecule has 0 bridgehead atoms. The third kappa shape index (κ3) is 6.12. The number of aromatic amines is 1. The quantitative estimate of drug-likeness (QED) is 0.654. The summed E-state index contributed by atoms with van der Waals surface area (Å²) in [5, 5.41) is 15.9. The number of carboxylic acids is 1. The predicted octanol–water partition coefficient (Wildman–Crippen LogP) is 3.34. The SMILES string of the molecule is CN(CCCCCc1cc(-c2cccc(F)c2)n[nH]1)CCC(=O)O. The van der Waals surface area contributed by atoms with Gasteiger partial charge in [0.2, 0.25) is 0 Å². The van der Waals surface area contributed by atoms with Crippen molar-refractivity contribution in [1.82, 2.24) is 15.1 Å². The second-order valence-corrected chi connectivity index (χ2v) is 6.05. The van der Waals surface area contributed by atoms with E-state index in [1.54, 1.807) is 6.07 Å². The summed E-state index contributed by atoms with van der Waals surface area (Å²) < 4.78 is 13.2. The average Bonchev–Trinajstić information content (AvgIpc) is 3.01. The van der Waals surface area contributed by atoms with E-state index >= 15 is 0 Å². The maximum atomic E-state index is 13.2. The number of unbranched alkanes of at least 4 members (excludes halogenated alkanes) is 2. The van der Waals surface area contributed by atoms with Gasteiger partial charge < -0.3 is 10.0 Å². The van der Waals surface area contributed by atoms with Gasteiger partial charge in [0.25, 0.3) is 0 Å². The summed E-state index contributed by atoms with van der Waals surface area (Å²) in [7, 11) is 1.95. The molecule has 0 unspecified atom stereocenters. The zero-order valence-corrected chi connectivity index (χ0v) is 14.0. The summed E-state index contributed by atoms with van der Waals surface area (Å²) in [4.78, 5) is 12.6. The highest BCUT2D eigenvalue weighted by molar-refractivity contribution is 5.66. The topological polar surface area (TPSA) is 69.2 Å². The van der Waals surface area contributed by atoms with Crippen LogP contribution in [0.15, 0.2) is 30.3 Å². The molecule has 2 aromatic rings. The van der Waals surface area contributed by atoms with Gasteiger partial charge in [-0.25, -0.2) is 4.39 Å². The van der Waals surface area contributed by atoms with Crippen molar-refractivity contribution in [1.29, 1.82) is 0 Å². The maximum absolute atomic E-state index is 13.2. The number of aryl methyl sites for hydroxylation is 1. The van der Waals surface area contributed by atoms with Crippen LogP contribution in [-0.2, 0) is 11.2 Å². The normalized spacial score (nSPS) is 11.1. The van der Waals surface area contributed by atoms with Gasteiger partial charge in [-0.15, -0.1) is 0 Å². The standard InChI is InChI=1S/C18H24FN3O2/c1-22(11-9-18(23)24)10-4-2-3-8-16-13-17(21-20-16)14-6-5-7-15(19)12-14/h5-7,12-13H,2-4,8-11H2,1H3,(H,20,21)(H,23,24). The number of aromatic nitrogens is 2. The Morgan fingerprint density at radius 1 is 1.25 bits per heavy atom. The number of nitrogens with zero attached hydrogens (tertiary/aromatic N) is 2. The molecule has 0 aliphatic rings. The molecule has 1 aromatic heterocycles. The Bertz CT molecular complexity index is 657. The van der Waals surface area contributed by atoms with E-state index in [2.05, 4.69) is 10.2 Å². The van der Waals surface area contributed by atoms with E-state index in [4.69, 9.17) is 5.11 Å². The van der Waals surface area contributed by atoms with Crippen molar-refractivity contribution in [3.05, 3.63) is 41.8 Å². The van der Waals surface area contributed by atoms with Gasteiger partial charge in [-0.1, -0.05) is 18.6 Å². The number of aliphatic carboxylic acids is 1. The van der Waals surface area contributed by atoms with Crippen molar-refractivity contribution in [2.24, 2.45) is 0 Å². The second-order valence-electron chi connectivity index (χ2n) is 6.05. The van der Waals surface area contributed by atoms with Crippen LogP contribution < -0.4 is 0 Å². The molecule has 2 N–H and O–H groups in total. The van der Waals surface area contributed by atoms with Crippen molar-refractivity contribution in [3.63, 3.8) is 0 Å². The van der Waals surface area contributed by atoms with Gasteiger partial charge in [0, 0.05) is 17.8 Å². The fourth-order valence-corrected chi connectivity index (χ4v) is 2.56. The highest BCUT2D eigenvalue weighted by Crippen LogP contribution is 2.19. The van der Waals surface area contributed by atoms with Gasteiger partial charge in [0.05, 0.1) is 12.1 Å². The molecule has 2 rings (SSSR count). The lowest BCUT2D eigenvalue weighted by molar-refractivity contribution is -0.137. The van der Waals surface area contributed by atoms with Gasteiger partial charge in [-0.05, 0) is 51.1 Å². The van der Waals surface area contributed by atoms with Crippen LogP contribution in [0.2, 0.25) is 0 Å². The number of halogens is 1. The molecular formula is C18H24FN3O2. The molecule has 0 saturated carbocycles. The minimum Gasteiger partial charge on any atom is -0.481 e. The number of benzene rings is 1. The summed E-state index contributed by atoms with van der Waals surface area (Å²) in [6.45, 7) is 1.50. The Balaban J connectivity index is 1.67. The monoisotopic (exact) mass is 333 g/mol. The smallest absolute Gasteiger partial charge is 0.304 e. The van der Waals surface area contributed by atoms with E-state index in [0.29, 0.717) is 6.54 Å². The number of nitrogens with one attached hydrogen (secondary N) is 1. The summed E-state index contributed by atoms with van der Waals surface area (Å²) in [6, 6.07) is 8.39. The van der Waals surface area contributed by atoms with E-state index in [1.165, 1.54) is 12.1 Å². The predicted molar refractivity (Wildman–Crippen MR) is 91.3 cm³/mol. The molecule has 0 fully saturated rings. The van der Waals surface area contributed by atoms with Crippen LogP contribution in [0.4, 0.5) is 4.39 Å². The first-order valence-electron chi connectivity index (χ1n) is 8.25. The molecule has 0 aliphatic carbocycles. The van der Waals surface area contributed by atoms with E-state index in [-0.39, 0.29) is 12.2 Å². The first kappa shape index (κ1) is 18.1. The Morgan fingerprint density at radius 2 is 2.08 bits per heavy atom. The van der Waals surface area contributed by atoms with E-state index in [0.717, 1.165) is 49.2 Å². The van der Waals surface area contributed by atoms with Crippen molar-refractivity contribution in [2.75, 3.05) is 20.1 Å². The lowest BCUT2D eigenvalue weighted by atomic mass is 10.1. The maximum Gasteiger partial charge on any atom is 0.304 e. The summed E-state index contributed by atoms with van der Waals surface area (Å²) in [6.07, 6.45) is 4.25. The van der Waals surface area contributed by atoms with E-state index < -0.39 is 5.97 Å². The molecule has 0 atom stereocenters. The molecular weight excluding hydrogens is 309 g/mol. The average molecular weight is 333 g/mol. The van der Waals surface area contributed by atoms with Crippen LogP contribution in [0.1, 0.15) is 31.4 Å². The molecule has 0 amide bonds. The van der Waals surface area contributed by atoms with Crippen LogP contribution >= 0.6 is 0 Å². The van der Waals surface area contributed by atoms with Crippen molar-refractivity contribution >= 4 is 5.97 Å². The first-order valence-corrected chi connectivity index (χ1v) is 8.25. The fraction of sp³-hybridized carbons (Fsp3) is 0.444. The van der Waals surface area contributed by atoms with Gasteiger partial charge in [-0.3, -0.25) is 9.89 Å². The van der Waals surface area contributed by atoms with Crippen molar-refractivity contribution in [3.8, 4) is 11.3 Å². The third-order valence-corrected chi connectivity index (χ3v) is 3.94. The first-order chi connectivity index (χ1) is 11.5. The number of carbonyl (C=O) groups is 1. The zero-order chi connectivity index (χ0) is 17.4. The largest absolute Gasteiger partial charge is 0.481 e. The molecule has 130 valence electrons. The van der Waals surface area contributed by atoms with E-state index in [1.807, 2.05) is 24.1 Å². The Kier molecular flexibility index (Phi) is 6.93. The van der Waals surface area contributed by atoms with Gasteiger partial charge in [0.15, 0.2) is 0 Å². The minimum absolute atomic E-state index is 0.188. The Morgan fingerprint density at radius 3 is 2.83 bits per heavy atom.